The van der Waals surface area contributed by atoms with Crippen molar-refractivity contribution < 1.29 is 9.90 Å². The minimum atomic E-state index is 0.0331. The Kier molecular flexibility index (Phi) is 4.18. The summed E-state index contributed by atoms with van der Waals surface area (Å²) in [7, 11) is 0. The lowest BCUT2D eigenvalue weighted by atomic mass is 9.86. The molecule has 0 aromatic heterocycles. The van der Waals surface area contributed by atoms with Gasteiger partial charge in [0.15, 0.2) is 0 Å². The van der Waals surface area contributed by atoms with Crippen molar-refractivity contribution in [2.24, 2.45) is 0 Å². The molecule has 0 radical (unpaired) electrons. The van der Waals surface area contributed by atoms with Crippen LogP contribution < -0.4 is 0 Å². The van der Waals surface area contributed by atoms with E-state index in [0.29, 0.717) is 5.75 Å². The Balaban J connectivity index is 0.000000671. The number of rotatable bonds is 0. The summed E-state index contributed by atoms with van der Waals surface area (Å²) >= 11 is 0. The molecule has 1 aromatic rings. The van der Waals surface area contributed by atoms with Gasteiger partial charge in [0.1, 0.15) is 12.5 Å². The van der Waals surface area contributed by atoms with E-state index >= 15 is 0 Å². The number of hydrogen-bond donors (Lipinski definition) is 1. The van der Waals surface area contributed by atoms with Gasteiger partial charge in [-0.1, -0.05) is 39.0 Å². The van der Waals surface area contributed by atoms with Crippen molar-refractivity contribution in [2.45, 2.75) is 26.2 Å². The molecule has 1 N–H and O–H groups in total. The van der Waals surface area contributed by atoms with E-state index in [1.165, 1.54) is 0 Å². The Hall–Kier alpha value is -1.31. The summed E-state index contributed by atoms with van der Waals surface area (Å²) < 4.78 is 0. The normalized spacial score (nSPS) is 10.1. The zero-order valence-electron chi connectivity index (χ0n) is 8.37. The SMILES string of the molecule is C=O.CC(C)(C)c1ccccc1O. The topological polar surface area (TPSA) is 37.3 Å². The Bertz CT molecular complexity index is 261. The quantitative estimate of drug-likeness (QED) is 0.666. The van der Waals surface area contributed by atoms with E-state index in [4.69, 9.17) is 4.79 Å². The van der Waals surface area contributed by atoms with Gasteiger partial charge in [-0.3, -0.25) is 0 Å². The van der Waals surface area contributed by atoms with Crippen LogP contribution in [0, 0.1) is 0 Å². The molecular weight excluding hydrogens is 164 g/mol. The summed E-state index contributed by atoms with van der Waals surface area (Å²) in [5.41, 5.74) is 1.03. The van der Waals surface area contributed by atoms with Gasteiger partial charge in [-0.2, -0.15) is 0 Å². The molecule has 0 amide bonds. The van der Waals surface area contributed by atoms with E-state index in [0.717, 1.165) is 5.56 Å². The largest absolute Gasteiger partial charge is 0.508 e. The summed E-state index contributed by atoms with van der Waals surface area (Å²) in [6.07, 6.45) is 0. The summed E-state index contributed by atoms with van der Waals surface area (Å²) in [5.74, 6) is 0.389. The predicted molar refractivity (Wildman–Crippen MR) is 53.9 cm³/mol. The van der Waals surface area contributed by atoms with Crippen molar-refractivity contribution in [3.05, 3.63) is 29.8 Å². The molecule has 0 aliphatic rings. The highest BCUT2D eigenvalue weighted by Crippen LogP contribution is 2.29. The van der Waals surface area contributed by atoms with Crippen LogP contribution >= 0.6 is 0 Å². The molecule has 0 aliphatic carbocycles. The van der Waals surface area contributed by atoms with Gasteiger partial charge in [-0.05, 0) is 17.0 Å². The minimum absolute atomic E-state index is 0.0331. The molecule has 0 fully saturated rings. The van der Waals surface area contributed by atoms with Crippen LogP contribution in [0.1, 0.15) is 26.3 Å². The Labute approximate surface area is 79.2 Å². The maximum absolute atomic E-state index is 9.45. The highest BCUT2D eigenvalue weighted by atomic mass is 16.3. The van der Waals surface area contributed by atoms with Gasteiger partial charge in [0.2, 0.25) is 0 Å². The van der Waals surface area contributed by atoms with Crippen LogP contribution in [0.15, 0.2) is 24.3 Å². The number of benzene rings is 1. The molecular formula is C11H16O2. The van der Waals surface area contributed by atoms with Crippen LogP contribution in [0.2, 0.25) is 0 Å². The third kappa shape index (κ3) is 3.28. The molecule has 1 rings (SSSR count). The van der Waals surface area contributed by atoms with Crippen LogP contribution in [0.3, 0.4) is 0 Å². The van der Waals surface area contributed by atoms with Crippen molar-refractivity contribution in [3.63, 3.8) is 0 Å². The van der Waals surface area contributed by atoms with Gasteiger partial charge in [-0.25, -0.2) is 0 Å². The molecule has 0 atom stereocenters. The van der Waals surface area contributed by atoms with Crippen LogP contribution in [0.25, 0.3) is 0 Å². The average molecular weight is 180 g/mol. The van der Waals surface area contributed by atoms with Crippen LogP contribution in [0.4, 0.5) is 0 Å². The third-order valence-corrected chi connectivity index (χ3v) is 1.71. The highest BCUT2D eigenvalue weighted by Gasteiger charge is 2.16. The molecule has 0 saturated carbocycles. The fraction of sp³-hybridized carbons (Fsp3) is 0.364. The smallest absolute Gasteiger partial charge is 0.119 e. The lowest BCUT2D eigenvalue weighted by Crippen LogP contribution is -2.10. The van der Waals surface area contributed by atoms with E-state index in [2.05, 4.69) is 20.8 Å². The monoisotopic (exact) mass is 180 g/mol. The van der Waals surface area contributed by atoms with Crippen molar-refractivity contribution in [1.82, 2.24) is 0 Å². The van der Waals surface area contributed by atoms with E-state index in [9.17, 15) is 5.11 Å². The summed E-state index contributed by atoms with van der Waals surface area (Å²) in [5, 5.41) is 9.45. The number of carbonyl (C=O) groups excluding carboxylic acids is 1. The zero-order valence-corrected chi connectivity index (χ0v) is 8.37. The van der Waals surface area contributed by atoms with Crippen molar-refractivity contribution >= 4 is 6.79 Å². The second kappa shape index (κ2) is 4.65. The fourth-order valence-electron chi connectivity index (χ4n) is 1.11. The lowest BCUT2D eigenvalue weighted by molar-refractivity contribution is -0.0979. The van der Waals surface area contributed by atoms with Crippen molar-refractivity contribution in [3.8, 4) is 5.75 Å². The first kappa shape index (κ1) is 11.7. The van der Waals surface area contributed by atoms with E-state index in [1.54, 1.807) is 6.07 Å². The molecule has 2 heteroatoms. The highest BCUT2D eigenvalue weighted by molar-refractivity contribution is 5.36. The van der Waals surface area contributed by atoms with Crippen molar-refractivity contribution in [2.75, 3.05) is 0 Å². The van der Waals surface area contributed by atoms with Gasteiger partial charge >= 0.3 is 0 Å². The first-order valence-corrected chi connectivity index (χ1v) is 4.09. The van der Waals surface area contributed by atoms with Gasteiger partial charge in [-0.15, -0.1) is 0 Å². The van der Waals surface area contributed by atoms with Gasteiger partial charge in [0.05, 0.1) is 0 Å². The summed E-state index contributed by atoms with van der Waals surface area (Å²) in [6, 6.07) is 7.46. The molecule has 0 bridgehead atoms. The van der Waals surface area contributed by atoms with Gasteiger partial charge < -0.3 is 9.90 Å². The molecule has 13 heavy (non-hydrogen) atoms. The van der Waals surface area contributed by atoms with E-state index < -0.39 is 0 Å². The van der Waals surface area contributed by atoms with E-state index in [1.807, 2.05) is 25.0 Å². The van der Waals surface area contributed by atoms with Crippen LogP contribution in [-0.2, 0) is 10.2 Å². The number of aromatic hydroxyl groups is 1. The first-order valence-electron chi connectivity index (χ1n) is 4.09. The Morgan fingerprint density at radius 3 is 1.92 bits per heavy atom. The Morgan fingerprint density at radius 1 is 1.15 bits per heavy atom. The molecule has 0 heterocycles. The lowest BCUT2D eigenvalue weighted by Gasteiger charge is -2.19. The second-order valence-electron chi connectivity index (χ2n) is 3.77. The maximum Gasteiger partial charge on any atom is 0.119 e. The number of carbonyl (C=O) groups is 1. The molecule has 1 aromatic carbocycles. The number of para-hydroxylation sites is 1. The van der Waals surface area contributed by atoms with Gasteiger partial charge in [0, 0.05) is 0 Å². The van der Waals surface area contributed by atoms with Crippen LogP contribution in [0.5, 0.6) is 5.75 Å². The molecule has 0 unspecified atom stereocenters. The third-order valence-electron chi connectivity index (χ3n) is 1.71. The zero-order chi connectivity index (χ0) is 10.5. The minimum Gasteiger partial charge on any atom is -0.508 e. The predicted octanol–water partition coefficient (Wildman–Crippen LogP) is 2.50. The average Bonchev–Trinajstić information content (AvgIpc) is 2.07. The number of phenols is 1. The molecule has 0 aliphatic heterocycles. The maximum atomic E-state index is 9.45. The second-order valence-corrected chi connectivity index (χ2v) is 3.77. The fourth-order valence-corrected chi connectivity index (χ4v) is 1.11. The van der Waals surface area contributed by atoms with E-state index in [-0.39, 0.29) is 5.41 Å². The number of phenolic OH excluding ortho intramolecular Hbond substituents is 1. The molecule has 0 spiro atoms. The first-order chi connectivity index (χ1) is 6.02. The summed E-state index contributed by atoms with van der Waals surface area (Å²) in [6.45, 7) is 8.26. The molecule has 0 saturated heterocycles. The van der Waals surface area contributed by atoms with Crippen molar-refractivity contribution in [1.29, 1.82) is 0 Å². The Morgan fingerprint density at radius 2 is 1.62 bits per heavy atom. The van der Waals surface area contributed by atoms with Crippen LogP contribution in [-0.4, -0.2) is 11.9 Å². The number of hydrogen-bond acceptors (Lipinski definition) is 2. The molecule has 2 nitrogen and oxygen atoms in total. The standard InChI is InChI=1S/C10H14O.CH2O/c1-10(2,3)8-6-4-5-7-9(8)11;1-2/h4-7,11H,1-3H3;1H2. The van der Waals surface area contributed by atoms with Gasteiger partial charge in [0.25, 0.3) is 0 Å². The molecule has 72 valence electrons. The summed E-state index contributed by atoms with van der Waals surface area (Å²) in [4.78, 5) is 8.00.